The molecule has 1 aromatic rings. The molecule has 0 heterocycles. The van der Waals surface area contributed by atoms with Crippen molar-refractivity contribution in [2.24, 2.45) is 35.3 Å². The van der Waals surface area contributed by atoms with Gasteiger partial charge in [-0.05, 0) is 50.4 Å². The molecule has 8 atom stereocenters. The van der Waals surface area contributed by atoms with Gasteiger partial charge in [0.2, 0.25) is 5.91 Å². The molecule has 2 fully saturated rings. The fourth-order valence-electron chi connectivity index (χ4n) is 6.78. The molecule has 3 unspecified atom stereocenters. The number of rotatable bonds is 4. The second-order valence-electron chi connectivity index (χ2n) is 10.2. The summed E-state index contributed by atoms with van der Waals surface area (Å²) in [5.74, 6) is -13.4. The highest BCUT2D eigenvalue weighted by atomic mass is 16.3. The van der Waals surface area contributed by atoms with Gasteiger partial charge in [-0.15, -0.1) is 0 Å². The van der Waals surface area contributed by atoms with E-state index in [1.54, 1.807) is 19.1 Å². The summed E-state index contributed by atoms with van der Waals surface area (Å²) in [6, 6.07) is 3.23. The van der Waals surface area contributed by atoms with Crippen molar-refractivity contribution in [3.8, 4) is 5.75 Å². The van der Waals surface area contributed by atoms with Gasteiger partial charge in [-0.3, -0.25) is 28.9 Å². The number of carbonyl (C=O) groups excluding carboxylic acids is 6. The van der Waals surface area contributed by atoms with Crippen molar-refractivity contribution in [2.45, 2.75) is 37.8 Å². The van der Waals surface area contributed by atoms with Crippen molar-refractivity contribution >= 4 is 34.8 Å². The van der Waals surface area contributed by atoms with E-state index >= 15 is 0 Å². The Kier molecular flexibility index (Phi) is 5.80. The third-order valence-corrected chi connectivity index (χ3v) is 8.07. The van der Waals surface area contributed by atoms with E-state index in [1.165, 1.54) is 32.0 Å². The summed E-state index contributed by atoms with van der Waals surface area (Å²) < 4.78 is 0. The lowest BCUT2D eigenvalue weighted by atomic mass is 9.46. The molecule has 10 nitrogen and oxygen atoms in total. The third kappa shape index (κ3) is 3.23. The summed E-state index contributed by atoms with van der Waals surface area (Å²) >= 11 is 0. The predicted molar refractivity (Wildman–Crippen MR) is 120 cm³/mol. The number of hydrogen-bond donors (Lipinski definition) is 3. The summed E-state index contributed by atoms with van der Waals surface area (Å²) in [5, 5.41) is 22.2. The number of aliphatic hydroxyl groups is 1. The van der Waals surface area contributed by atoms with Gasteiger partial charge in [-0.2, -0.15) is 0 Å². The molecule has 0 aromatic heterocycles. The molecule has 1 aromatic carbocycles. The standard InChI is InChI=1S/C25H28N2O8/c1-9(28)8-12-14-10(2)11-6-5-7-13(29)15(11)20(30)16(14)22(32)25(35)18(12)19(27(3)4)21(31)17(23(25)33)24(26)34/h5-7,10,12,14,16-19,29,35H,8H2,1-4H3,(H2,26,34)/t10-,12-,14-,16?,17?,18-,19?,25-/m0/s1. The van der Waals surface area contributed by atoms with E-state index in [1.807, 2.05) is 0 Å². The van der Waals surface area contributed by atoms with Crippen LogP contribution in [0.4, 0.5) is 0 Å². The Hall–Kier alpha value is -3.24. The molecule has 4 N–H and O–H groups in total. The number of carbonyl (C=O) groups is 6. The Morgan fingerprint density at radius 3 is 2.29 bits per heavy atom. The number of aromatic hydroxyl groups is 1. The van der Waals surface area contributed by atoms with Crippen LogP contribution in [0, 0.1) is 29.6 Å². The van der Waals surface area contributed by atoms with Gasteiger partial charge < -0.3 is 20.7 Å². The summed E-state index contributed by atoms with van der Waals surface area (Å²) in [6.45, 7) is 3.06. The highest BCUT2D eigenvalue weighted by Gasteiger charge is 2.72. The first-order valence-corrected chi connectivity index (χ1v) is 11.4. The monoisotopic (exact) mass is 484 g/mol. The van der Waals surface area contributed by atoms with Gasteiger partial charge in [-0.1, -0.05) is 19.1 Å². The molecule has 35 heavy (non-hydrogen) atoms. The number of amides is 1. The molecule has 0 radical (unpaired) electrons. The van der Waals surface area contributed by atoms with Crippen molar-refractivity contribution in [2.75, 3.05) is 14.1 Å². The molecule has 4 rings (SSSR count). The number of fused-ring (bicyclic) bond motifs is 3. The highest BCUT2D eigenvalue weighted by molar-refractivity contribution is 6.32. The molecule has 0 bridgehead atoms. The molecular formula is C25H28N2O8. The fraction of sp³-hybridized carbons (Fsp3) is 0.520. The number of benzene rings is 1. The summed E-state index contributed by atoms with van der Waals surface area (Å²) in [4.78, 5) is 80.3. The number of nitrogens with zero attached hydrogens (tertiary/aromatic N) is 1. The van der Waals surface area contributed by atoms with Crippen molar-refractivity contribution < 1.29 is 39.0 Å². The Balaban J connectivity index is 2.03. The van der Waals surface area contributed by atoms with Crippen LogP contribution in [0.25, 0.3) is 0 Å². The van der Waals surface area contributed by atoms with E-state index in [9.17, 15) is 39.0 Å². The first-order valence-electron chi connectivity index (χ1n) is 11.4. The van der Waals surface area contributed by atoms with Crippen LogP contribution in [0.15, 0.2) is 18.2 Å². The topological polar surface area (TPSA) is 172 Å². The highest BCUT2D eigenvalue weighted by Crippen LogP contribution is 2.57. The number of likely N-dealkylation sites (N-methyl/N-ethyl adjacent to an activating group) is 1. The lowest BCUT2D eigenvalue weighted by Gasteiger charge is -2.57. The zero-order chi connectivity index (χ0) is 26.1. The zero-order valence-corrected chi connectivity index (χ0v) is 19.8. The molecule has 0 aliphatic heterocycles. The quantitative estimate of drug-likeness (QED) is 0.482. The number of Topliss-reactive ketones (excluding diaryl/α,β-unsaturated/α-hetero) is 5. The first-order chi connectivity index (χ1) is 16.3. The SMILES string of the molecule is CC(=O)C[C@H]1[C@H]2C(C(=O)c3c(O)cccc3[C@@H]2C)C(=O)[C@]2(O)C(=O)C(C(N)=O)C(=O)C(N(C)C)[C@H]12. The smallest absolute Gasteiger partial charge is 0.235 e. The summed E-state index contributed by atoms with van der Waals surface area (Å²) in [7, 11) is 3.00. The maximum atomic E-state index is 13.9. The number of ketones is 5. The maximum Gasteiger partial charge on any atom is 0.235 e. The van der Waals surface area contributed by atoms with Crippen LogP contribution in [0.2, 0.25) is 0 Å². The van der Waals surface area contributed by atoms with Crippen molar-refractivity contribution in [1.82, 2.24) is 4.90 Å². The van der Waals surface area contributed by atoms with Crippen LogP contribution in [-0.2, 0) is 24.0 Å². The minimum Gasteiger partial charge on any atom is -0.507 e. The minimum absolute atomic E-state index is 0.0758. The van der Waals surface area contributed by atoms with Crippen LogP contribution in [0.5, 0.6) is 5.75 Å². The Morgan fingerprint density at radius 2 is 1.74 bits per heavy atom. The predicted octanol–water partition coefficient (Wildman–Crippen LogP) is -0.367. The van der Waals surface area contributed by atoms with Gasteiger partial charge in [0.15, 0.2) is 34.7 Å². The molecule has 1 amide bonds. The fourth-order valence-corrected chi connectivity index (χ4v) is 6.78. The van der Waals surface area contributed by atoms with E-state index in [-0.39, 0.29) is 23.5 Å². The van der Waals surface area contributed by atoms with Gasteiger partial charge in [0, 0.05) is 12.3 Å². The van der Waals surface area contributed by atoms with Gasteiger partial charge >= 0.3 is 0 Å². The summed E-state index contributed by atoms with van der Waals surface area (Å²) in [5.41, 5.74) is 2.86. The Labute approximate surface area is 201 Å². The van der Waals surface area contributed by atoms with E-state index in [2.05, 4.69) is 0 Å². The van der Waals surface area contributed by atoms with Gasteiger partial charge in [0.25, 0.3) is 0 Å². The first kappa shape index (κ1) is 24.9. The normalized spacial score (nSPS) is 36.5. The largest absolute Gasteiger partial charge is 0.507 e. The lowest BCUT2D eigenvalue weighted by Crippen LogP contribution is -2.76. The van der Waals surface area contributed by atoms with Crippen LogP contribution in [0.3, 0.4) is 0 Å². The number of nitrogens with two attached hydrogens (primary N) is 1. The third-order valence-electron chi connectivity index (χ3n) is 8.07. The molecule has 0 spiro atoms. The molecule has 2 saturated carbocycles. The molecule has 3 aliphatic carbocycles. The molecule has 3 aliphatic rings. The van der Waals surface area contributed by atoms with E-state index in [4.69, 9.17) is 5.73 Å². The van der Waals surface area contributed by atoms with Gasteiger partial charge in [-0.25, -0.2) is 0 Å². The molecular weight excluding hydrogens is 456 g/mol. The molecule has 0 saturated heterocycles. The van der Waals surface area contributed by atoms with Gasteiger partial charge in [0.1, 0.15) is 11.5 Å². The van der Waals surface area contributed by atoms with E-state index < -0.39 is 76.2 Å². The second-order valence-corrected chi connectivity index (χ2v) is 10.2. The van der Waals surface area contributed by atoms with Crippen LogP contribution >= 0.6 is 0 Å². The minimum atomic E-state index is -2.89. The second kappa shape index (κ2) is 8.17. The average Bonchev–Trinajstić information content (AvgIpc) is 2.75. The number of phenolic OH excluding ortho intramolecular Hbond substituents is 1. The Bertz CT molecular complexity index is 1190. The van der Waals surface area contributed by atoms with Crippen LogP contribution in [-0.4, -0.2) is 75.7 Å². The Morgan fingerprint density at radius 1 is 1.11 bits per heavy atom. The van der Waals surface area contributed by atoms with Crippen LogP contribution < -0.4 is 5.73 Å². The van der Waals surface area contributed by atoms with Crippen molar-refractivity contribution in [3.63, 3.8) is 0 Å². The van der Waals surface area contributed by atoms with Crippen molar-refractivity contribution in [1.29, 1.82) is 0 Å². The maximum absolute atomic E-state index is 13.9. The van der Waals surface area contributed by atoms with Gasteiger partial charge in [0.05, 0.1) is 17.5 Å². The molecule has 186 valence electrons. The number of hydrogen-bond acceptors (Lipinski definition) is 9. The van der Waals surface area contributed by atoms with Crippen LogP contribution in [0.1, 0.15) is 42.1 Å². The van der Waals surface area contributed by atoms with E-state index in [0.717, 1.165) is 0 Å². The van der Waals surface area contributed by atoms with Crippen molar-refractivity contribution in [3.05, 3.63) is 29.3 Å². The molecule has 10 heteroatoms. The number of phenols is 1. The average molecular weight is 485 g/mol. The number of primary amides is 1. The zero-order valence-electron chi connectivity index (χ0n) is 19.8. The summed E-state index contributed by atoms with van der Waals surface area (Å²) in [6.07, 6.45) is -0.209. The van der Waals surface area contributed by atoms with E-state index in [0.29, 0.717) is 5.56 Å². The lowest BCUT2D eigenvalue weighted by molar-refractivity contribution is -0.190.